The van der Waals surface area contributed by atoms with E-state index in [0.29, 0.717) is 0 Å². The molecule has 0 aromatic heterocycles. The van der Waals surface area contributed by atoms with Crippen LogP contribution in [0.5, 0.6) is 0 Å². The van der Waals surface area contributed by atoms with Gasteiger partial charge in [0.15, 0.2) is 0 Å². The Morgan fingerprint density at radius 3 is 2.86 bits per heavy atom. The normalized spacial score (nSPS) is 28.5. The minimum absolute atomic E-state index is 0.754. The van der Waals surface area contributed by atoms with Gasteiger partial charge in [0.25, 0.3) is 0 Å². The van der Waals surface area contributed by atoms with Crippen LogP contribution in [0.25, 0.3) is 0 Å². The Morgan fingerprint density at radius 2 is 2.29 bits per heavy atom. The highest BCUT2D eigenvalue weighted by Gasteiger charge is 2.27. The van der Waals surface area contributed by atoms with Crippen LogP contribution in [0.4, 0.5) is 0 Å². The minimum atomic E-state index is 0.754. The SMILES string of the molecule is CCSCCCN1CC(CN)CC1C. The molecule has 2 unspecified atom stereocenters. The van der Waals surface area contributed by atoms with E-state index in [0.717, 1.165) is 18.5 Å². The van der Waals surface area contributed by atoms with Gasteiger partial charge in [0.05, 0.1) is 0 Å². The Balaban J connectivity index is 2.12. The highest BCUT2D eigenvalue weighted by molar-refractivity contribution is 7.99. The van der Waals surface area contributed by atoms with Gasteiger partial charge in [-0.25, -0.2) is 0 Å². The summed E-state index contributed by atoms with van der Waals surface area (Å²) < 4.78 is 0. The molecular formula is C11H24N2S. The fourth-order valence-corrected chi connectivity index (χ4v) is 2.84. The molecule has 0 aromatic carbocycles. The van der Waals surface area contributed by atoms with Crippen molar-refractivity contribution in [2.24, 2.45) is 11.7 Å². The third-order valence-corrected chi connectivity index (χ3v) is 4.05. The van der Waals surface area contributed by atoms with Crippen molar-refractivity contribution in [2.45, 2.75) is 32.7 Å². The van der Waals surface area contributed by atoms with Gasteiger partial charge in [-0.15, -0.1) is 0 Å². The molecule has 84 valence electrons. The summed E-state index contributed by atoms with van der Waals surface area (Å²) in [4.78, 5) is 2.60. The van der Waals surface area contributed by atoms with Crippen molar-refractivity contribution in [1.29, 1.82) is 0 Å². The second kappa shape index (κ2) is 6.70. The first-order chi connectivity index (χ1) is 6.77. The lowest BCUT2D eigenvalue weighted by molar-refractivity contribution is 0.266. The highest BCUT2D eigenvalue weighted by atomic mass is 32.2. The van der Waals surface area contributed by atoms with E-state index in [1.165, 1.54) is 37.4 Å². The van der Waals surface area contributed by atoms with Crippen LogP contribution in [0.15, 0.2) is 0 Å². The summed E-state index contributed by atoms with van der Waals surface area (Å²) in [5.41, 5.74) is 5.70. The average Bonchev–Trinajstić information content (AvgIpc) is 2.54. The van der Waals surface area contributed by atoms with Crippen LogP contribution in [0, 0.1) is 5.92 Å². The molecule has 0 amide bonds. The molecule has 0 spiro atoms. The number of hydrogen-bond donors (Lipinski definition) is 1. The maximum atomic E-state index is 5.70. The molecule has 0 radical (unpaired) electrons. The van der Waals surface area contributed by atoms with Crippen LogP contribution >= 0.6 is 11.8 Å². The summed E-state index contributed by atoms with van der Waals surface area (Å²) in [6.07, 6.45) is 2.64. The molecule has 0 bridgehead atoms. The van der Waals surface area contributed by atoms with Crippen molar-refractivity contribution in [3.8, 4) is 0 Å². The molecule has 14 heavy (non-hydrogen) atoms. The third kappa shape index (κ3) is 3.79. The molecule has 1 fully saturated rings. The lowest BCUT2D eigenvalue weighted by atomic mass is 10.1. The van der Waals surface area contributed by atoms with Crippen molar-refractivity contribution in [3.05, 3.63) is 0 Å². The Hall–Kier alpha value is 0.270. The van der Waals surface area contributed by atoms with Crippen molar-refractivity contribution in [3.63, 3.8) is 0 Å². The van der Waals surface area contributed by atoms with E-state index in [9.17, 15) is 0 Å². The molecule has 0 saturated carbocycles. The van der Waals surface area contributed by atoms with Crippen molar-refractivity contribution < 1.29 is 0 Å². The van der Waals surface area contributed by atoms with E-state index in [1.54, 1.807) is 0 Å². The van der Waals surface area contributed by atoms with Gasteiger partial charge in [0, 0.05) is 12.6 Å². The van der Waals surface area contributed by atoms with Gasteiger partial charge in [-0.05, 0) is 50.3 Å². The summed E-state index contributed by atoms with van der Waals surface area (Å²) in [5, 5.41) is 0. The molecule has 3 heteroatoms. The number of thioether (sulfide) groups is 1. The maximum Gasteiger partial charge on any atom is 0.00706 e. The zero-order chi connectivity index (χ0) is 10.4. The van der Waals surface area contributed by atoms with Gasteiger partial charge in [-0.2, -0.15) is 11.8 Å². The van der Waals surface area contributed by atoms with E-state index in [-0.39, 0.29) is 0 Å². The van der Waals surface area contributed by atoms with Crippen LogP contribution in [-0.2, 0) is 0 Å². The Labute approximate surface area is 92.6 Å². The maximum absolute atomic E-state index is 5.70. The summed E-state index contributed by atoms with van der Waals surface area (Å²) in [6, 6.07) is 0.759. The van der Waals surface area contributed by atoms with E-state index >= 15 is 0 Å². The molecule has 1 aliphatic rings. The second-order valence-corrected chi connectivity index (χ2v) is 5.63. The zero-order valence-electron chi connectivity index (χ0n) is 9.54. The van der Waals surface area contributed by atoms with Crippen molar-refractivity contribution in [1.82, 2.24) is 4.90 Å². The number of likely N-dealkylation sites (tertiary alicyclic amines) is 1. The molecule has 2 N–H and O–H groups in total. The lowest BCUT2D eigenvalue weighted by Gasteiger charge is -2.20. The van der Waals surface area contributed by atoms with Gasteiger partial charge in [-0.3, -0.25) is 0 Å². The van der Waals surface area contributed by atoms with E-state index in [2.05, 4.69) is 18.7 Å². The van der Waals surface area contributed by atoms with Crippen molar-refractivity contribution in [2.75, 3.05) is 31.1 Å². The molecule has 1 saturated heterocycles. The molecule has 0 aromatic rings. The largest absolute Gasteiger partial charge is 0.330 e. The van der Waals surface area contributed by atoms with Gasteiger partial charge < -0.3 is 10.6 Å². The fourth-order valence-electron chi connectivity index (χ4n) is 2.21. The van der Waals surface area contributed by atoms with E-state index in [1.807, 2.05) is 11.8 Å². The number of hydrogen-bond acceptors (Lipinski definition) is 3. The Morgan fingerprint density at radius 1 is 1.50 bits per heavy atom. The van der Waals surface area contributed by atoms with Crippen LogP contribution in [0.1, 0.15) is 26.7 Å². The Bertz CT molecular complexity index is 152. The van der Waals surface area contributed by atoms with E-state index < -0.39 is 0 Å². The van der Waals surface area contributed by atoms with Crippen molar-refractivity contribution >= 4 is 11.8 Å². The molecule has 1 rings (SSSR count). The molecular weight excluding hydrogens is 192 g/mol. The Kier molecular flexibility index (Phi) is 5.90. The highest BCUT2D eigenvalue weighted by Crippen LogP contribution is 2.22. The summed E-state index contributed by atoms with van der Waals surface area (Å²) in [7, 11) is 0. The van der Waals surface area contributed by atoms with Crippen LogP contribution in [-0.4, -0.2) is 42.1 Å². The summed E-state index contributed by atoms with van der Waals surface area (Å²) in [6.45, 7) is 7.93. The topological polar surface area (TPSA) is 29.3 Å². The smallest absolute Gasteiger partial charge is 0.00706 e. The van der Waals surface area contributed by atoms with Crippen LogP contribution < -0.4 is 5.73 Å². The predicted molar refractivity (Wildman–Crippen MR) is 65.8 cm³/mol. The molecule has 2 nitrogen and oxygen atoms in total. The first-order valence-corrected chi connectivity index (χ1v) is 6.95. The fraction of sp³-hybridized carbons (Fsp3) is 1.00. The molecule has 1 aliphatic heterocycles. The zero-order valence-corrected chi connectivity index (χ0v) is 10.4. The average molecular weight is 216 g/mol. The second-order valence-electron chi connectivity index (χ2n) is 4.23. The first kappa shape index (κ1) is 12.3. The van der Waals surface area contributed by atoms with Crippen LogP contribution in [0.3, 0.4) is 0 Å². The molecule has 0 aliphatic carbocycles. The molecule has 1 heterocycles. The van der Waals surface area contributed by atoms with Gasteiger partial charge in [-0.1, -0.05) is 6.92 Å². The van der Waals surface area contributed by atoms with E-state index in [4.69, 9.17) is 5.73 Å². The van der Waals surface area contributed by atoms with Gasteiger partial charge in [0.1, 0.15) is 0 Å². The number of nitrogens with two attached hydrogens (primary N) is 1. The quantitative estimate of drug-likeness (QED) is 0.687. The summed E-state index contributed by atoms with van der Waals surface area (Å²) in [5.74, 6) is 3.32. The molecule has 2 atom stereocenters. The van der Waals surface area contributed by atoms with Gasteiger partial charge >= 0.3 is 0 Å². The van der Waals surface area contributed by atoms with Gasteiger partial charge in [0.2, 0.25) is 0 Å². The lowest BCUT2D eigenvalue weighted by Crippen LogP contribution is -2.29. The predicted octanol–water partition coefficient (Wildman–Crippen LogP) is 1.80. The first-order valence-electron chi connectivity index (χ1n) is 5.79. The van der Waals surface area contributed by atoms with Crippen LogP contribution in [0.2, 0.25) is 0 Å². The third-order valence-electron chi connectivity index (χ3n) is 3.06. The standard InChI is InChI=1S/C11H24N2S/c1-3-14-6-4-5-13-9-11(8-12)7-10(13)2/h10-11H,3-9,12H2,1-2H3. The summed E-state index contributed by atoms with van der Waals surface area (Å²) >= 11 is 2.05. The number of nitrogens with zero attached hydrogens (tertiary/aromatic N) is 1. The monoisotopic (exact) mass is 216 g/mol. The minimum Gasteiger partial charge on any atom is -0.330 e. The number of rotatable bonds is 6.